The molecule has 7 heteroatoms. The van der Waals surface area contributed by atoms with E-state index in [4.69, 9.17) is 0 Å². The first-order valence-electron chi connectivity index (χ1n) is 5.78. The number of carbonyl (C=O) groups excluding carboxylic acids is 1. The van der Waals surface area contributed by atoms with Crippen LogP contribution >= 0.6 is 11.3 Å². The van der Waals surface area contributed by atoms with Crippen LogP contribution in [0.5, 0.6) is 0 Å². The van der Waals surface area contributed by atoms with E-state index in [1.165, 1.54) is 11.3 Å². The van der Waals surface area contributed by atoms with Crippen molar-refractivity contribution in [1.29, 1.82) is 0 Å². The molecule has 0 saturated carbocycles. The van der Waals surface area contributed by atoms with Crippen molar-refractivity contribution >= 4 is 27.1 Å². The van der Waals surface area contributed by atoms with Crippen LogP contribution in [0.4, 0.5) is 0 Å². The molecule has 1 aromatic heterocycles. The van der Waals surface area contributed by atoms with Gasteiger partial charge in [-0.1, -0.05) is 0 Å². The van der Waals surface area contributed by atoms with Gasteiger partial charge in [0.15, 0.2) is 9.84 Å². The molecule has 0 aromatic carbocycles. The predicted molar refractivity (Wildman–Crippen MR) is 70.5 cm³/mol. The van der Waals surface area contributed by atoms with Crippen molar-refractivity contribution in [3.8, 4) is 0 Å². The number of thiazole rings is 1. The Balaban J connectivity index is 1.92. The smallest absolute Gasteiger partial charge is 0.225 e. The molecule has 2 heterocycles. The fourth-order valence-corrected chi connectivity index (χ4v) is 4.68. The number of aryl methyl sites for hydroxylation is 2. The van der Waals surface area contributed by atoms with Gasteiger partial charge in [0.1, 0.15) is 0 Å². The average Bonchev–Trinajstić information content (AvgIpc) is 2.70. The van der Waals surface area contributed by atoms with E-state index in [-0.39, 0.29) is 29.9 Å². The summed E-state index contributed by atoms with van der Waals surface area (Å²) in [5.74, 6) is 0.125. The maximum Gasteiger partial charge on any atom is 0.225 e. The molecule has 0 aliphatic carbocycles. The minimum atomic E-state index is -2.94. The van der Waals surface area contributed by atoms with E-state index in [0.717, 1.165) is 15.6 Å². The first-order chi connectivity index (χ1) is 8.35. The third kappa shape index (κ3) is 3.29. The van der Waals surface area contributed by atoms with E-state index in [2.05, 4.69) is 10.3 Å². The molecule has 0 radical (unpaired) electrons. The minimum absolute atomic E-state index is 0.0689. The van der Waals surface area contributed by atoms with Gasteiger partial charge in [-0.05, 0) is 20.3 Å². The Morgan fingerprint density at radius 3 is 2.72 bits per heavy atom. The molecule has 2 rings (SSSR count). The van der Waals surface area contributed by atoms with Crippen molar-refractivity contribution < 1.29 is 13.2 Å². The number of amides is 1. The third-order valence-corrected chi connectivity index (χ3v) is 5.76. The summed E-state index contributed by atoms with van der Waals surface area (Å²) >= 11 is 1.51. The number of sulfone groups is 1. The molecule has 18 heavy (non-hydrogen) atoms. The van der Waals surface area contributed by atoms with Crippen molar-refractivity contribution in [2.24, 2.45) is 0 Å². The van der Waals surface area contributed by atoms with Crippen molar-refractivity contribution in [1.82, 2.24) is 10.3 Å². The van der Waals surface area contributed by atoms with Crippen LogP contribution in [0.25, 0.3) is 0 Å². The van der Waals surface area contributed by atoms with Gasteiger partial charge < -0.3 is 5.32 Å². The lowest BCUT2D eigenvalue weighted by Crippen LogP contribution is -2.36. The summed E-state index contributed by atoms with van der Waals surface area (Å²) in [6.07, 6.45) is 0.808. The molecule has 1 atom stereocenters. The van der Waals surface area contributed by atoms with Crippen LogP contribution in [0, 0.1) is 13.8 Å². The molecule has 1 unspecified atom stereocenters. The quantitative estimate of drug-likeness (QED) is 0.884. The molecule has 1 amide bonds. The fourth-order valence-electron chi connectivity index (χ4n) is 2.07. The van der Waals surface area contributed by atoms with Crippen molar-refractivity contribution in [3.05, 3.63) is 15.6 Å². The Morgan fingerprint density at radius 1 is 1.50 bits per heavy atom. The highest BCUT2D eigenvalue weighted by atomic mass is 32.2. The maximum atomic E-state index is 11.8. The highest BCUT2D eigenvalue weighted by Gasteiger charge is 2.29. The Labute approximate surface area is 111 Å². The molecule has 1 aliphatic heterocycles. The molecule has 1 aliphatic rings. The van der Waals surface area contributed by atoms with Gasteiger partial charge in [0, 0.05) is 10.9 Å². The average molecular weight is 288 g/mol. The largest absolute Gasteiger partial charge is 0.352 e. The lowest BCUT2D eigenvalue weighted by molar-refractivity contribution is -0.120. The number of carbonyl (C=O) groups is 1. The van der Waals surface area contributed by atoms with Crippen LogP contribution < -0.4 is 5.32 Å². The lowest BCUT2D eigenvalue weighted by atomic mass is 10.2. The normalized spacial score (nSPS) is 22.0. The van der Waals surface area contributed by atoms with Gasteiger partial charge in [0.05, 0.1) is 28.6 Å². The molecule has 1 fully saturated rings. The Hall–Kier alpha value is -0.950. The molecule has 1 N–H and O–H groups in total. The fraction of sp³-hybridized carbons (Fsp3) is 0.636. The van der Waals surface area contributed by atoms with Gasteiger partial charge in [0.25, 0.3) is 0 Å². The molecule has 100 valence electrons. The van der Waals surface area contributed by atoms with Gasteiger partial charge in [-0.2, -0.15) is 0 Å². The number of nitrogens with one attached hydrogen (secondary N) is 1. The summed E-state index contributed by atoms with van der Waals surface area (Å²) in [6.45, 7) is 3.79. The van der Waals surface area contributed by atoms with E-state index in [0.29, 0.717) is 6.42 Å². The molecular weight excluding hydrogens is 272 g/mol. The highest BCUT2D eigenvalue weighted by molar-refractivity contribution is 7.91. The molecule has 1 saturated heterocycles. The zero-order chi connectivity index (χ0) is 13.3. The summed E-state index contributed by atoms with van der Waals surface area (Å²) in [5.41, 5.74) is 0.881. The number of aromatic nitrogens is 1. The second-order valence-corrected chi connectivity index (χ2v) is 8.10. The van der Waals surface area contributed by atoms with Crippen molar-refractivity contribution in [2.45, 2.75) is 32.7 Å². The number of rotatable bonds is 3. The highest BCUT2D eigenvalue weighted by Crippen LogP contribution is 2.18. The summed E-state index contributed by atoms with van der Waals surface area (Å²) < 4.78 is 22.6. The second kappa shape index (κ2) is 4.97. The van der Waals surface area contributed by atoms with Crippen molar-refractivity contribution in [3.63, 3.8) is 0 Å². The standard InChI is InChI=1S/C11H16N2O3S2/c1-7-10(17-8(2)12-7)5-11(14)13-9-3-4-18(15,16)6-9/h9H,3-6H2,1-2H3,(H,13,14). The van der Waals surface area contributed by atoms with Gasteiger partial charge in [-0.25, -0.2) is 13.4 Å². The molecule has 0 spiro atoms. The van der Waals surface area contributed by atoms with Gasteiger partial charge >= 0.3 is 0 Å². The Kier molecular flexibility index (Phi) is 3.72. The zero-order valence-corrected chi connectivity index (χ0v) is 12.0. The molecule has 0 bridgehead atoms. The van der Waals surface area contributed by atoms with Gasteiger partial charge in [-0.15, -0.1) is 11.3 Å². The molecule has 1 aromatic rings. The summed E-state index contributed by atoms with van der Waals surface area (Å²) in [5, 5.41) is 3.72. The molecule has 5 nitrogen and oxygen atoms in total. The van der Waals surface area contributed by atoms with Crippen LogP contribution in [0.15, 0.2) is 0 Å². The van der Waals surface area contributed by atoms with E-state index in [1.54, 1.807) is 0 Å². The van der Waals surface area contributed by atoms with Gasteiger partial charge in [0.2, 0.25) is 5.91 Å². The lowest BCUT2D eigenvalue weighted by Gasteiger charge is -2.10. The predicted octanol–water partition coefficient (Wildman–Crippen LogP) is 0.606. The van der Waals surface area contributed by atoms with Crippen LogP contribution in [0.2, 0.25) is 0 Å². The van der Waals surface area contributed by atoms with Crippen LogP contribution in [0.3, 0.4) is 0 Å². The van der Waals surface area contributed by atoms with E-state index in [1.807, 2.05) is 13.8 Å². The van der Waals surface area contributed by atoms with E-state index >= 15 is 0 Å². The number of hydrogen-bond acceptors (Lipinski definition) is 5. The van der Waals surface area contributed by atoms with Crippen LogP contribution in [-0.4, -0.2) is 36.9 Å². The summed E-state index contributed by atoms with van der Waals surface area (Å²) in [6, 6.07) is -0.225. The van der Waals surface area contributed by atoms with Crippen LogP contribution in [0.1, 0.15) is 22.0 Å². The van der Waals surface area contributed by atoms with E-state index in [9.17, 15) is 13.2 Å². The molecular formula is C11H16N2O3S2. The number of hydrogen-bond donors (Lipinski definition) is 1. The monoisotopic (exact) mass is 288 g/mol. The Morgan fingerprint density at radius 2 is 2.22 bits per heavy atom. The Bertz CT molecular complexity index is 563. The number of nitrogens with zero attached hydrogens (tertiary/aromatic N) is 1. The first kappa shape index (κ1) is 13.5. The summed E-state index contributed by atoms with van der Waals surface area (Å²) in [7, 11) is -2.94. The SMILES string of the molecule is Cc1nc(C)c(CC(=O)NC2CCS(=O)(=O)C2)s1. The zero-order valence-electron chi connectivity index (χ0n) is 10.4. The minimum Gasteiger partial charge on any atom is -0.352 e. The van der Waals surface area contributed by atoms with E-state index < -0.39 is 9.84 Å². The first-order valence-corrected chi connectivity index (χ1v) is 8.42. The van der Waals surface area contributed by atoms with Gasteiger partial charge in [-0.3, -0.25) is 4.79 Å². The maximum absolute atomic E-state index is 11.8. The van der Waals surface area contributed by atoms with Crippen molar-refractivity contribution in [2.75, 3.05) is 11.5 Å². The topological polar surface area (TPSA) is 76.1 Å². The summed E-state index contributed by atoms with van der Waals surface area (Å²) in [4.78, 5) is 17.0. The van der Waals surface area contributed by atoms with Crippen LogP contribution in [-0.2, 0) is 21.1 Å². The third-order valence-electron chi connectivity index (χ3n) is 2.92. The second-order valence-electron chi connectivity index (χ2n) is 4.59.